The molecule has 4 fully saturated rings. The molecule has 0 saturated heterocycles. The number of hydrogen-bond acceptors (Lipinski definition) is 5. The minimum atomic E-state index is -0.460. The number of benzene rings is 1. The third-order valence-electron chi connectivity index (χ3n) is 6.26. The molecular formula is C19H22BrNO5. The molecule has 140 valence electrons. The molecule has 4 bridgehead atoms. The Morgan fingerprint density at radius 3 is 2.58 bits per heavy atom. The molecule has 0 aliphatic heterocycles. The van der Waals surface area contributed by atoms with E-state index in [0.29, 0.717) is 23.1 Å². The summed E-state index contributed by atoms with van der Waals surface area (Å²) in [4.78, 5) is 23.6. The van der Waals surface area contributed by atoms with Gasteiger partial charge in [0.25, 0.3) is 5.69 Å². The highest BCUT2D eigenvalue weighted by atomic mass is 79.9. The normalized spacial score (nSPS) is 34.5. The molecule has 0 radical (unpaired) electrons. The topological polar surface area (TPSA) is 78.7 Å². The second-order valence-electron chi connectivity index (χ2n) is 8.22. The van der Waals surface area contributed by atoms with Crippen LogP contribution in [0.3, 0.4) is 0 Å². The lowest BCUT2D eigenvalue weighted by Crippen LogP contribution is -2.56. The largest absolute Gasteiger partial charge is 0.496 e. The van der Waals surface area contributed by atoms with E-state index in [1.54, 1.807) is 6.07 Å². The molecular weight excluding hydrogens is 402 g/mol. The molecule has 4 aliphatic rings. The Morgan fingerprint density at radius 1 is 1.31 bits per heavy atom. The van der Waals surface area contributed by atoms with Gasteiger partial charge in [-0.15, -0.1) is 0 Å². The molecule has 6 nitrogen and oxygen atoms in total. The monoisotopic (exact) mass is 423 g/mol. The first-order valence-electron chi connectivity index (χ1n) is 9.00. The number of hydrogen-bond donors (Lipinski definition) is 0. The molecule has 0 aromatic heterocycles. The van der Waals surface area contributed by atoms with Gasteiger partial charge in [-0.25, -0.2) is 0 Å². The van der Waals surface area contributed by atoms with Crippen molar-refractivity contribution in [1.82, 2.24) is 0 Å². The number of ether oxygens (including phenoxy) is 2. The number of nitro groups is 1. The van der Waals surface area contributed by atoms with Gasteiger partial charge in [-0.1, -0.05) is 15.9 Å². The van der Waals surface area contributed by atoms with E-state index < -0.39 is 10.3 Å². The van der Waals surface area contributed by atoms with Crippen molar-refractivity contribution in [2.75, 3.05) is 7.11 Å². The van der Waals surface area contributed by atoms with Crippen molar-refractivity contribution in [3.8, 4) is 5.75 Å². The summed E-state index contributed by atoms with van der Waals surface area (Å²) >= 11 is 3.90. The Kier molecular flexibility index (Phi) is 4.25. The van der Waals surface area contributed by atoms with Crippen molar-refractivity contribution in [2.45, 2.75) is 49.5 Å². The fraction of sp³-hybridized carbons (Fsp3) is 0.632. The lowest BCUT2D eigenvalue weighted by molar-refractivity contribution is -0.385. The summed E-state index contributed by atoms with van der Waals surface area (Å²) in [5.41, 5.74) is 0.0843. The molecule has 0 amide bonds. The van der Waals surface area contributed by atoms with Gasteiger partial charge in [0.1, 0.15) is 12.4 Å². The molecule has 7 heteroatoms. The van der Waals surface area contributed by atoms with Gasteiger partial charge in [0.05, 0.1) is 17.4 Å². The fourth-order valence-electron chi connectivity index (χ4n) is 5.68. The van der Waals surface area contributed by atoms with Crippen LogP contribution in [0.1, 0.15) is 44.1 Å². The highest BCUT2D eigenvalue weighted by Gasteiger charge is 2.60. The number of methoxy groups -OCH3 is 1. The lowest BCUT2D eigenvalue weighted by Gasteiger charge is -2.58. The predicted molar refractivity (Wildman–Crippen MR) is 98.2 cm³/mol. The van der Waals surface area contributed by atoms with Gasteiger partial charge in [0.2, 0.25) is 0 Å². The number of nitro benzene ring substituents is 1. The second-order valence-corrected chi connectivity index (χ2v) is 9.90. The van der Waals surface area contributed by atoms with Crippen molar-refractivity contribution in [1.29, 1.82) is 0 Å². The molecule has 5 rings (SSSR count). The maximum Gasteiger partial charge on any atom is 0.312 e. The van der Waals surface area contributed by atoms with E-state index in [1.807, 2.05) is 0 Å². The van der Waals surface area contributed by atoms with Crippen LogP contribution in [0.15, 0.2) is 18.2 Å². The van der Waals surface area contributed by atoms with Crippen LogP contribution < -0.4 is 4.74 Å². The number of halogens is 1. The molecule has 2 unspecified atom stereocenters. The number of nitrogens with zero attached hydrogens (tertiary/aromatic N) is 1. The van der Waals surface area contributed by atoms with E-state index in [2.05, 4.69) is 15.9 Å². The summed E-state index contributed by atoms with van der Waals surface area (Å²) in [7, 11) is 1.50. The van der Waals surface area contributed by atoms with Crippen LogP contribution in [-0.2, 0) is 16.1 Å². The smallest absolute Gasteiger partial charge is 0.312 e. The third kappa shape index (κ3) is 3.00. The van der Waals surface area contributed by atoms with Crippen molar-refractivity contribution in [3.05, 3.63) is 33.9 Å². The van der Waals surface area contributed by atoms with Crippen LogP contribution in [0.2, 0.25) is 0 Å². The predicted octanol–water partition coefficient (Wildman–Crippen LogP) is 4.38. The van der Waals surface area contributed by atoms with Crippen LogP contribution in [0.4, 0.5) is 5.69 Å². The van der Waals surface area contributed by atoms with Crippen molar-refractivity contribution in [3.63, 3.8) is 0 Å². The Bertz CT molecular complexity index is 750. The summed E-state index contributed by atoms with van der Waals surface area (Å²) in [6.07, 6.45) is 6.16. The number of esters is 1. The number of carbonyl (C=O) groups excluding carboxylic acids is 1. The highest BCUT2D eigenvalue weighted by molar-refractivity contribution is 9.10. The lowest BCUT2D eigenvalue weighted by atomic mass is 9.49. The van der Waals surface area contributed by atoms with Gasteiger partial charge in [0.15, 0.2) is 0 Å². The maximum absolute atomic E-state index is 13.0. The summed E-state index contributed by atoms with van der Waals surface area (Å²) in [5.74, 6) is 1.51. The number of carbonyl (C=O) groups is 1. The molecule has 4 saturated carbocycles. The van der Waals surface area contributed by atoms with Crippen molar-refractivity contribution in [2.24, 2.45) is 17.3 Å². The molecule has 1 aromatic rings. The average Bonchev–Trinajstić information content (AvgIpc) is 2.57. The van der Waals surface area contributed by atoms with Crippen LogP contribution >= 0.6 is 15.9 Å². The van der Waals surface area contributed by atoms with Crippen molar-refractivity contribution < 1.29 is 19.2 Å². The van der Waals surface area contributed by atoms with Gasteiger partial charge >= 0.3 is 5.97 Å². The first kappa shape index (κ1) is 17.8. The van der Waals surface area contributed by atoms with Crippen molar-refractivity contribution >= 4 is 27.6 Å². The molecule has 2 atom stereocenters. The fourth-order valence-corrected chi connectivity index (χ4v) is 7.13. The van der Waals surface area contributed by atoms with Gasteiger partial charge in [-0.2, -0.15) is 0 Å². The van der Waals surface area contributed by atoms with E-state index in [-0.39, 0.29) is 22.6 Å². The van der Waals surface area contributed by atoms with Gasteiger partial charge in [-0.05, 0) is 56.4 Å². The Hall–Kier alpha value is -1.63. The zero-order valence-corrected chi connectivity index (χ0v) is 16.3. The molecule has 0 spiro atoms. The van der Waals surface area contributed by atoms with Gasteiger partial charge < -0.3 is 9.47 Å². The Labute approximate surface area is 160 Å². The summed E-state index contributed by atoms with van der Waals surface area (Å²) < 4.78 is 11.0. The van der Waals surface area contributed by atoms with E-state index in [0.717, 1.165) is 32.1 Å². The Morgan fingerprint density at radius 2 is 2.00 bits per heavy atom. The molecule has 0 N–H and O–H groups in total. The Balaban J connectivity index is 1.51. The van der Waals surface area contributed by atoms with E-state index in [9.17, 15) is 14.9 Å². The SMILES string of the molecule is COc1ccc([N+](=O)[O-])cc1COC(=O)C12CC3CC(CC(Br)(C3)C1)C2. The number of non-ortho nitro benzene ring substituents is 1. The highest BCUT2D eigenvalue weighted by Crippen LogP contribution is 2.64. The summed E-state index contributed by atoms with van der Waals surface area (Å²) in [6.45, 7) is -0.00391. The van der Waals surface area contributed by atoms with Gasteiger partial charge in [-0.3, -0.25) is 14.9 Å². The maximum atomic E-state index is 13.0. The first-order valence-corrected chi connectivity index (χ1v) is 9.79. The molecule has 4 aliphatic carbocycles. The summed E-state index contributed by atoms with van der Waals surface area (Å²) in [6, 6.07) is 4.34. The number of alkyl halides is 1. The standard InChI is InChI=1S/C19H22BrNO5/c1-25-16-3-2-15(21(23)24)5-14(16)10-26-17(22)18-6-12-4-13(7-18)9-19(20,8-12)11-18/h2-3,5,12-13H,4,6-11H2,1H3. The van der Waals surface area contributed by atoms with E-state index in [4.69, 9.17) is 9.47 Å². The minimum absolute atomic E-state index is 0.00391. The van der Waals surface area contributed by atoms with Crippen LogP contribution in [-0.4, -0.2) is 22.3 Å². The number of rotatable bonds is 5. The van der Waals surface area contributed by atoms with Crippen LogP contribution in [0.5, 0.6) is 5.75 Å². The zero-order valence-electron chi connectivity index (χ0n) is 14.7. The molecule has 26 heavy (non-hydrogen) atoms. The molecule has 0 heterocycles. The van der Waals surface area contributed by atoms with E-state index in [1.165, 1.54) is 25.7 Å². The first-order chi connectivity index (χ1) is 12.3. The van der Waals surface area contributed by atoms with Crippen LogP contribution in [0.25, 0.3) is 0 Å². The van der Waals surface area contributed by atoms with Gasteiger partial charge in [0, 0.05) is 22.0 Å². The van der Waals surface area contributed by atoms with E-state index >= 15 is 0 Å². The third-order valence-corrected chi connectivity index (χ3v) is 7.18. The molecule has 1 aromatic carbocycles. The average molecular weight is 424 g/mol. The minimum Gasteiger partial charge on any atom is -0.496 e. The second kappa shape index (κ2) is 6.22. The van der Waals surface area contributed by atoms with Crippen LogP contribution in [0, 0.1) is 27.4 Å². The quantitative estimate of drug-likeness (QED) is 0.303. The zero-order chi connectivity index (χ0) is 18.5. The summed E-state index contributed by atoms with van der Waals surface area (Å²) in [5, 5.41) is 11.0.